The highest BCUT2D eigenvalue weighted by Gasteiger charge is 2.53. The number of amides is 2. The van der Waals surface area contributed by atoms with E-state index in [1.165, 1.54) is 147 Å². The molecule has 4 nitrogen and oxygen atoms in total. The standard InChI is InChI=1S/C77H90N2O2S2/c1-10-18-23-50(14-5)45-76(46-51(15-6)24-19-11-2)63-39-49(9)28-30-57(63)61-40-54-34-36-78-72(59(54)43-65(61)76)70-71(75(78)81)73-60-44-66-62(41-55(60)35-37-79(73)74(70)80)58-31-29-56(67-32-33-69(83-67)68-27-22-38-82-68)42-64(58)77(66,47-52(16-7)25-20-12-3)48-53(17-8)26-21-13-4/h22,27-44,50-53H,10-21,23-26,45-48H2,1-9H3. The predicted molar refractivity (Wildman–Crippen MR) is 354 cm³/mol. The molecule has 12 rings (SSSR count). The van der Waals surface area contributed by atoms with E-state index in [9.17, 15) is 0 Å². The highest BCUT2D eigenvalue weighted by Crippen LogP contribution is 2.62. The normalized spacial score (nSPS) is 20.1. The van der Waals surface area contributed by atoms with E-state index in [2.05, 4.69) is 165 Å². The van der Waals surface area contributed by atoms with Gasteiger partial charge in [-0.1, -0.05) is 200 Å². The van der Waals surface area contributed by atoms with Crippen LogP contribution in [0.1, 0.15) is 234 Å². The summed E-state index contributed by atoms with van der Waals surface area (Å²) in [5.74, 6) is 2.09. The van der Waals surface area contributed by atoms with Crippen LogP contribution in [-0.4, -0.2) is 21.6 Å². The minimum atomic E-state index is -0.254. The number of carbonyl (C=O) groups excluding carboxylic acids is 2. The van der Waals surface area contributed by atoms with Gasteiger partial charge in [0.25, 0.3) is 11.8 Å². The van der Waals surface area contributed by atoms with Gasteiger partial charge in [0.1, 0.15) is 0 Å². The molecule has 4 atom stereocenters. The molecule has 83 heavy (non-hydrogen) atoms. The number of hydrogen-bond acceptors (Lipinski definition) is 4. The summed E-state index contributed by atoms with van der Waals surface area (Å²) >= 11 is 3.71. The Balaban J connectivity index is 1.04. The maximum absolute atomic E-state index is 15.7. The zero-order valence-electron chi connectivity index (χ0n) is 51.4. The van der Waals surface area contributed by atoms with Crippen LogP contribution in [0.4, 0.5) is 0 Å². The van der Waals surface area contributed by atoms with Gasteiger partial charge in [0.2, 0.25) is 0 Å². The van der Waals surface area contributed by atoms with E-state index in [4.69, 9.17) is 0 Å². The molecule has 6 aliphatic rings. The second kappa shape index (κ2) is 23.9. The van der Waals surface area contributed by atoms with E-state index >= 15 is 9.59 Å². The molecule has 0 N–H and O–H groups in total. The topological polar surface area (TPSA) is 40.6 Å². The molecule has 2 aromatic heterocycles. The Morgan fingerprint density at radius 2 is 0.880 bits per heavy atom. The van der Waals surface area contributed by atoms with Crippen LogP contribution in [0.3, 0.4) is 0 Å². The zero-order chi connectivity index (χ0) is 57.7. The van der Waals surface area contributed by atoms with Gasteiger partial charge in [-0.3, -0.25) is 19.4 Å². The van der Waals surface area contributed by atoms with E-state index in [-0.39, 0.29) is 22.6 Å². The van der Waals surface area contributed by atoms with Gasteiger partial charge in [0.05, 0.1) is 22.5 Å². The smallest absolute Gasteiger partial charge is 0.265 e. The molecule has 6 aromatic rings. The number of benzene rings is 4. The second-order valence-electron chi connectivity index (χ2n) is 26.0. The lowest BCUT2D eigenvalue weighted by Gasteiger charge is -2.39. The third-order valence-corrected chi connectivity index (χ3v) is 23.2. The number of thiophene rings is 2. The van der Waals surface area contributed by atoms with Crippen LogP contribution in [0.15, 0.2) is 114 Å². The molecule has 6 heterocycles. The monoisotopic (exact) mass is 1140 g/mol. The van der Waals surface area contributed by atoms with E-state index in [1.54, 1.807) is 0 Å². The Labute approximate surface area is 505 Å². The van der Waals surface area contributed by atoms with E-state index in [0.717, 1.165) is 85.0 Å². The van der Waals surface area contributed by atoms with Crippen molar-refractivity contribution in [2.24, 2.45) is 23.7 Å². The number of rotatable bonds is 26. The fourth-order valence-electron chi connectivity index (χ4n) is 16.4. The van der Waals surface area contributed by atoms with Crippen molar-refractivity contribution in [3.8, 4) is 42.4 Å². The maximum atomic E-state index is 15.7. The number of carbonyl (C=O) groups is 2. The molecular weight excluding hydrogens is 1050 g/mol. The number of aryl methyl sites for hydroxylation is 1. The lowest BCUT2D eigenvalue weighted by molar-refractivity contribution is -0.122. The summed E-state index contributed by atoms with van der Waals surface area (Å²) in [5, 5.41) is 2.18. The van der Waals surface area contributed by atoms with E-state index < -0.39 is 0 Å². The molecule has 432 valence electrons. The molecule has 4 aromatic carbocycles. The van der Waals surface area contributed by atoms with Crippen molar-refractivity contribution >= 4 is 58.0 Å². The lowest BCUT2D eigenvalue weighted by atomic mass is 9.64. The molecule has 2 aliphatic carbocycles. The van der Waals surface area contributed by atoms with E-state index in [1.807, 2.05) is 44.9 Å². The van der Waals surface area contributed by atoms with Gasteiger partial charge < -0.3 is 0 Å². The first kappa shape index (κ1) is 57.6. The average molecular weight is 1140 g/mol. The molecule has 4 unspecified atom stereocenters. The summed E-state index contributed by atoms with van der Waals surface area (Å²) in [4.78, 5) is 39.1. The fourth-order valence-corrected chi connectivity index (χ4v) is 18.2. The Morgan fingerprint density at radius 3 is 1.31 bits per heavy atom. The largest absolute Gasteiger partial charge is 0.282 e. The van der Waals surface area contributed by atoms with Gasteiger partial charge in [-0.05, 0) is 184 Å². The summed E-state index contributed by atoms with van der Waals surface area (Å²) in [6, 6.07) is 33.6. The van der Waals surface area contributed by atoms with Crippen LogP contribution in [0, 0.1) is 30.6 Å². The molecule has 0 saturated heterocycles. The van der Waals surface area contributed by atoms with Crippen molar-refractivity contribution < 1.29 is 9.59 Å². The fraction of sp³-hybridized carbons (Fsp3) is 0.455. The Kier molecular flexibility index (Phi) is 16.6. The number of hydrogen-bond donors (Lipinski definition) is 0. The van der Waals surface area contributed by atoms with Gasteiger partial charge in [0, 0.05) is 49.0 Å². The summed E-state index contributed by atoms with van der Waals surface area (Å²) in [5.41, 5.74) is 20.1. The van der Waals surface area contributed by atoms with Crippen LogP contribution < -0.4 is 0 Å². The molecule has 4 aliphatic heterocycles. The van der Waals surface area contributed by atoms with Gasteiger partial charge in [0.15, 0.2) is 0 Å². The molecule has 0 radical (unpaired) electrons. The van der Waals surface area contributed by atoms with Crippen molar-refractivity contribution in [3.63, 3.8) is 0 Å². The van der Waals surface area contributed by atoms with Crippen LogP contribution in [0.25, 0.3) is 66.0 Å². The van der Waals surface area contributed by atoms with Crippen LogP contribution in [-0.2, 0) is 20.4 Å². The third kappa shape index (κ3) is 9.86. The van der Waals surface area contributed by atoms with Crippen LogP contribution in [0.2, 0.25) is 0 Å². The second-order valence-corrected chi connectivity index (χ2v) is 28.0. The molecule has 6 heteroatoms. The average Bonchev–Trinajstić information content (AvgIpc) is 1.89. The Morgan fingerprint density at radius 1 is 0.446 bits per heavy atom. The third-order valence-electron chi connectivity index (χ3n) is 21.0. The summed E-state index contributed by atoms with van der Waals surface area (Å²) in [6.45, 7) is 21.3. The van der Waals surface area contributed by atoms with Crippen molar-refractivity contribution in [3.05, 3.63) is 164 Å². The molecule has 2 amide bonds. The van der Waals surface area contributed by atoms with Gasteiger partial charge in [-0.15, -0.1) is 22.7 Å². The Bertz CT molecular complexity index is 3540. The number of fused-ring (bicyclic) bond motifs is 13. The molecule has 0 saturated carbocycles. The lowest BCUT2D eigenvalue weighted by Crippen LogP contribution is -2.32. The molecule has 0 spiro atoms. The first-order valence-electron chi connectivity index (χ1n) is 32.8. The molecular formula is C77H90N2O2S2. The minimum Gasteiger partial charge on any atom is -0.282 e. The summed E-state index contributed by atoms with van der Waals surface area (Å²) < 4.78 is 0. The van der Waals surface area contributed by atoms with Crippen molar-refractivity contribution in [2.45, 2.75) is 202 Å². The zero-order valence-corrected chi connectivity index (χ0v) is 53.1. The SMILES string of the molecule is CCCCC(CC)CC1(CC(CC)CCCC)c2cc(C)ccc2-c2cc3c(cc21)C1=C2C(=O)N4C=Cc5cc6c(cc5C4=C2C(=O)N1C=C3)C(CC(CC)CCCC)(CC(CC)CCCC)c1cc(-c2ccc(-c3cccs3)s2)ccc1-6. The predicted octanol–water partition coefficient (Wildman–Crippen LogP) is 22.2. The van der Waals surface area contributed by atoms with Crippen molar-refractivity contribution in [1.29, 1.82) is 0 Å². The van der Waals surface area contributed by atoms with Gasteiger partial charge in [-0.2, -0.15) is 0 Å². The first-order chi connectivity index (χ1) is 40.5. The van der Waals surface area contributed by atoms with Crippen LogP contribution >= 0.6 is 22.7 Å². The maximum Gasteiger partial charge on any atom is 0.265 e. The van der Waals surface area contributed by atoms with Crippen LogP contribution in [0.5, 0.6) is 0 Å². The number of nitrogens with zero attached hydrogens (tertiary/aromatic N) is 2. The quantitative estimate of drug-likeness (QED) is 0.0543. The highest BCUT2D eigenvalue weighted by molar-refractivity contribution is 7.23. The van der Waals surface area contributed by atoms with Gasteiger partial charge >= 0.3 is 0 Å². The molecule has 0 fully saturated rings. The summed E-state index contributed by atoms with van der Waals surface area (Å²) in [6.07, 6.45) is 31.9. The number of unbranched alkanes of at least 4 members (excludes halogenated alkanes) is 4. The highest BCUT2D eigenvalue weighted by atomic mass is 32.1. The van der Waals surface area contributed by atoms with Crippen molar-refractivity contribution in [1.82, 2.24) is 9.80 Å². The van der Waals surface area contributed by atoms with Crippen molar-refractivity contribution in [2.75, 3.05) is 0 Å². The Hall–Kier alpha value is -5.82. The van der Waals surface area contributed by atoms with E-state index in [0.29, 0.717) is 34.8 Å². The van der Waals surface area contributed by atoms with Gasteiger partial charge in [-0.25, -0.2) is 0 Å². The first-order valence-corrected chi connectivity index (χ1v) is 34.5. The summed E-state index contributed by atoms with van der Waals surface area (Å²) in [7, 11) is 0. The molecule has 0 bridgehead atoms. The minimum absolute atomic E-state index is 0.0975.